The van der Waals surface area contributed by atoms with Crippen LogP contribution in [0.1, 0.15) is 46.9 Å². The fraction of sp³-hybridized carbons (Fsp3) is 0.318. The predicted molar refractivity (Wildman–Crippen MR) is 117 cm³/mol. The number of likely N-dealkylation sites (tertiary alicyclic amines) is 1. The molecule has 1 heterocycles. The van der Waals surface area contributed by atoms with Crippen LogP contribution >= 0.6 is 12.2 Å². The summed E-state index contributed by atoms with van der Waals surface area (Å²) in [6.07, 6.45) is 2.94. The first-order valence-electron chi connectivity index (χ1n) is 9.82. The topological polar surface area (TPSA) is 70.7 Å². The molecule has 1 aliphatic rings. The number of hydrogen-bond donors (Lipinski definition) is 2. The van der Waals surface area contributed by atoms with Crippen molar-refractivity contribution in [3.63, 3.8) is 0 Å². The molecule has 2 amide bonds. The van der Waals surface area contributed by atoms with E-state index >= 15 is 0 Å². The molecule has 0 radical (unpaired) electrons. The molecular weight excluding hydrogens is 386 g/mol. The summed E-state index contributed by atoms with van der Waals surface area (Å²) in [5.41, 5.74) is 1.57. The first-order valence-corrected chi connectivity index (χ1v) is 10.2. The molecule has 1 aliphatic heterocycles. The maximum Gasteiger partial charge on any atom is 0.257 e. The lowest BCUT2D eigenvalue weighted by Gasteiger charge is -2.18. The van der Waals surface area contributed by atoms with Gasteiger partial charge in [-0.15, -0.1) is 0 Å². The summed E-state index contributed by atoms with van der Waals surface area (Å²) < 4.78 is 5.57. The normalized spacial score (nSPS) is 13.1. The van der Waals surface area contributed by atoms with Crippen molar-refractivity contribution < 1.29 is 14.3 Å². The molecule has 0 spiro atoms. The second-order valence-electron chi connectivity index (χ2n) is 6.83. The van der Waals surface area contributed by atoms with E-state index in [1.165, 1.54) is 0 Å². The average Bonchev–Trinajstić information content (AvgIpc) is 3.27. The highest BCUT2D eigenvalue weighted by atomic mass is 32.1. The number of hydrogen-bond acceptors (Lipinski definition) is 4. The van der Waals surface area contributed by atoms with E-state index in [-0.39, 0.29) is 16.9 Å². The molecular formula is C22H25N3O3S. The van der Waals surface area contributed by atoms with Crippen LogP contribution in [-0.4, -0.2) is 41.5 Å². The van der Waals surface area contributed by atoms with E-state index in [1.54, 1.807) is 30.3 Å². The largest absolute Gasteiger partial charge is 0.494 e. The van der Waals surface area contributed by atoms with E-state index < -0.39 is 0 Å². The number of carbonyl (C=O) groups is 2. The monoisotopic (exact) mass is 411 g/mol. The number of nitrogens with one attached hydrogen (secondary N) is 2. The Morgan fingerprint density at radius 3 is 2.62 bits per heavy atom. The van der Waals surface area contributed by atoms with Gasteiger partial charge in [-0.25, -0.2) is 0 Å². The summed E-state index contributed by atoms with van der Waals surface area (Å²) in [4.78, 5) is 27.1. The van der Waals surface area contributed by atoms with Gasteiger partial charge in [-0.3, -0.25) is 14.9 Å². The minimum Gasteiger partial charge on any atom is -0.494 e. The minimum atomic E-state index is -0.340. The van der Waals surface area contributed by atoms with Crippen LogP contribution in [0.15, 0.2) is 48.5 Å². The van der Waals surface area contributed by atoms with E-state index in [4.69, 9.17) is 17.0 Å². The fourth-order valence-corrected chi connectivity index (χ4v) is 3.35. The zero-order chi connectivity index (χ0) is 20.6. The van der Waals surface area contributed by atoms with Gasteiger partial charge in [0.25, 0.3) is 11.8 Å². The van der Waals surface area contributed by atoms with Crippen molar-refractivity contribution in [1.82, 2.24) is 10.2 Å². The van der Waals surface area contributed by atoms with Gasteiger partial charge in [0.05, 0.1) is 17.9 Å². The van der Waals surface area contributed by atoms with Gasteiger partial charge in [0.15, 0.2) is 5.11 Å². The Hall–Kier alpha value is -2.93. The highest BCUT2D eigenvalue weighted by Crippen LogP contribution is 2.20. The smallest absolute Gasteiger partial charge is 0.257 e. The molecule has 0 aliphatic carbocycles. The third-order valence-electron chi connectivity index (χ3n) is 4.60. The zero-order valence-corrected chi connectivity index (χ0v) is 17.3. The lowest BCUT2D eigenvalue weighted by Crippen LogP contribution is -2.35. The Morgan fingerprint density at radius 2 is 1.86 bits per heavy atom. The standard InChI is InChI=1S/C22H25N3O3S/c1-2-14-28-17-9-7-8-16(15-17)20(26)24-22(29)23-19-11-4-3-10-18(19)21(27)25-12-5-6-13-25/h3-4,7-11,15H,2,5-6,12-14H2,1H3,(H2,23,24,26,29). The fourth-order valence-electron chi connectivity index (χ4n) is 3.15. The van der Waals surface area contributed by atoms with Gasteiger partial charge in [-0.1, -0.05) is 25.1 Å². The van der Waals surface area contributed by atoms with Gasteiger partial charge in [0.2, 0.25) is 0 Å². The van der Waals surface area contributed by atoms with Crippen LogP contribution in [0.3, 0.4) is 0 Å². The quantitative estimate of drug-likeness (QED) is 0.707. The molecule has 1 fully saturated rings. The van der Waals surface area contributed by atoms with Crippen LogP contribution in [0.2, 0.25) is 0 Å². The third-order valence-corrected chi connectivity index (χ3v) is 4.80. The van der Waals surface area contributed by atoms with Gasteiger partial charge in [0.1, 0.15) is 5.75 Å². The molecule has 2 N–H and O–H groups in total. The van der Waals surface area contributed by atoms with Gasteiger partial charge in [-0.2, -0.15) is 0 Å². The summed E-state index contributed by atoms with van der Waals surface area (Å²) in [6, 6.07) is 14.1. The van der Waals surface area contributed by atoms with Gasteiger partial charge in [-0.05, 0) is 61.8 Å². The van der Waals surface area contributed by atoms with Crippen molar-refractivity contribution in [2.24, 2.45) is 0 Å². The third kappa shape index (κ3) is 5.54. The van der Waals surface area contributed by atoms with Crippen molar-refractivity contribution >= 4 is 34.8 Å². The minimum absolute atomic E-state index is 0.0273. The van der Waals surface area contributed by atoms with Crippen LogP contribution in [0.5, 0.6) is 5.75 Å². The van der Waals surface area contributed by atoms with E-state index in [0.717, 1.165) is 32.4 Å². The van der Waals surface area contributed by atoms with Crippen molar-refractivity contribution in [3.05, 3.63) is 59.7 Å². The average molecular weight is 412 g/mol. The molecule has 0 saturated carbocycles. The van der Waals surface area contributed by atoms with Crippen LogP contribution in [-0.2, 0) is 0 Å². The number of para-hydroxylation sites is 1. The Bertz CT molecular complexity index is 894. The van der Waals surface area contributed by atoms with Crippen molar-refractivity contribution in [2.75, 3.05) is 25.0 Å². The molecule has 0 bridgehead atoms. The number of nitrogens with zero attached hydrogens (tertiary/aromatic N) is 1. The number of carbonyl (C=O) groups excluding carboxylic acids is 2. The molecule has 0 unspecified atom stereocenters. The van der Waals surface area contributed by atoms with Gasteiger partial charge in [0, 0.05) is 18.7 Å². The molecule has 29 heavy (non-hydrogen) atoms. The molecule has 1 saturated heterocycles. The molecule has 152 valence electrons. The number of benzene rings is 2. The summed E-state index contributed by atoms with van der Waals surface area (Å²) in [5.74, 6) is 0.272. The molecule has 7 heteroatoms. The lowest BCUT2D eigenvalue weighted by atomic mass is 10.1. The Morgan fingerprint density at radius 1 is 1.10 bits per heavy atom. The number of amides is 2. The summed E-state index contributed by atoms with van der Waals surface area (Å²) in [7, 11) is 0. The highest BCUT2D eigenvalue weighted by Gasteiger charge is 2.22. The maximum atomic E-state index is 12.8. The maximum absolute atomic E-state index is 12.8. The molecule has 0 aromatic heterocycles. The van der Waals surface area contributed by atoms with Crippen LogP contribution in [0.25, 0.3) is 0 Å². The molecule has 2 aromatic rings. The van der Waals surface area contributed by atoms with E-state index in [0.29, 0.717) is 29.2 Å². The highest BCUT2D eigenvalue weighted by molar-refractivity contribution is 7.80. The van der Waals surface area contributed by atoms with Crippen LogP contribution in [0, 0.1) is 0 Å². The van der Waals surface area contributed by atoms with E-state index in [2.05, 4.69) is 10.6 Å². The molecule has 6 nitrogen and oxygen atoms in total. The van der Waals surface area contributed by atoms with Crippen LogP contribution in [0.4, 0.5) is 5.69 Å². The molecule has 3 rings (SSSR count). The van der Waals surface area contributed by atoms with Crippen LogP contribution < -0.4 is 15.4 Å². The van der Waals surface area contributed by atoms with Crippen molar-refractivity contribution in [1.29, 1.82) is 0 Å². The molecule has 2 aromatic carbocycles. The summed E-state index contributed by atoms with van der Waals surface area (Å²) in [6.45, 7) is 4.15. The van der Waals surface area contributed by atoms with Gasteiger partial charge >= 0.3 is 0 Å². The Labute approximate surface area is 176 Å². The summed E-state index contributed by atoms with van der Waals surface area (Å²) in [5, 5.41) is 5.79. The predicted octanol–water partition coefficient (Wildman–Crippen LogP) is 3.84. The summed E-state index contributed by atoms with van der Waals surface area (Å²) >= 11 is 5.30. The Kier molecular flexibility index (Phi) is 7.19. The number of rotatable bonds is 6. The SMILES string of the molecule is CCCOc1cccc(C(=O)NC(=S)Nc2ccccc2C(=O)N2CCCC2)c1. The van der Waals surface area contributed by atoms with Crippen molar-refractivity contribution in [2.45, 2.75) is 26.2 Å². The van der Waals surface area contributed by atoms with E-state index in [1.807, 2.05) is 30.0 Å². The van der Waals surface area contributed by atoms with Crippen molar-refractivity contribution in [3.8, 4) is 5.75 Å². The molecule has 0 atom stereocenters. The Balaban J connectivity index is 1.65. The van der Waals surface area contributed by atoms with E-state index in [9.17, 15) is 9.59 Å². The number of anilines is 1. The first kappa shape index (κ1) is 20.8. The second kappa shape index (κ2) is 10.0. The zero-order valence-electron chi connectivity index (χ0n) is 16.4. The number of ether oxygens (including phenoxy) is 1. The first-order chi connectivity index (χ1) is 14.1. The number of thiocarbonyl (C=S) groups is 1. The lowest BCUT2D eigenvalue weighted by molar-refractivity contribution is 0.0793. The second-order valence-corrected chi connectivity index (χ2v) is 7.24. The van der Waals surface area contributed by atoms with Gasteiger partial charge < -0.3 is 15.0 Å².